The van der Waals surface area contributed by atoms with Crippen LogP contribution in [0.4, 0.5) is 0 Å². The monoisotopic (exact) mass is 281 g/mol. The van der Waals surface area contributed by atoms with Gasteiger partial charge in [-0.1, -0.05) is 44.4 Å². The van der Waals surface area contributed by atoms with E-state index in [9.17, 15) is 0 Å². The second-order valence-electron chi connectivity index (χ2n) is 6.32. The van der Waals surface area contributed by atoms with Crippen LogP contribution in [-0.2, 0) is 0 Å². The molecule has 3 unspecified atom stereocenters. The average molecular weight is 281 g/mol. The zero-order chi connectivity index (χ0) is 15.0. The third kappa shape index (κ3) is 2.49. The summed E-state index contributed by atoms with van der Waals surface area (Å²) in [6.07, 6.45) is 13.8. The third-order valence-electron chi connectivity index (χ3n) is 4.49. The van der Waals surface area contributed by atoms with E-state index in [-0.39, 0.29) is 11.5 Å². The number of rotatable bonds is 2. The van der Waals surface area contributed by atoms with Gasteiger partial charge in [-0.3, -0.25) is 0 Å². The van der Waals surface area contributed by atoms with Crippen LogP contribution in [0.15, 0.2) is 72.2 Å². The van der Waals surface area contributed by atoms with Gasteiger partial charge in [0.25, 0.3) is 0 Å². The van der Waals surface area contributed by atoms with Crippen molar-refractivity contribution in [2.24, 2.45) is 5.41 Å². The number of hydrogen-bond acceptors (Lipinski definition) is 3. The lowest BCUT2D eigenvalue weighted by atomic mass is 9.70. The van der Waals surface area contributed by atoms with Crippen molar-refractivity contribution < 1.29 is 0 Å². The topological polar surface area (TPSA) is 36.1 Å². The van der Waals surface area contributed by atoms with Crippen molar-refractivity contribution in [2.75, 3.05) is 0 Å². The lowest BCUT2D eigenvalue weighted by Gasteiger charge is -2.36. The van der Waals surface area contributed by atoms with Crippen molar-refractivity contribution >= 4 is 0 Å². The van der Waals surface area contributed by atoms with Gasteiger partial charge in [0.2, 0.25) is 0 Å². The van der Waals surface area contributed by atoms with Crippen molar-refractivity contribution in [1.29, 1.82) is 0 Å². The molecule has 0 aromatic rings. The highest BCUT2D eigenvalue weighted by Gasteiger charge is 2.38. The maximum atomic E-state index is 4.15. The summed E-state index contributed by atoms with van der Waals surface area (Å²) < 4.78 is 0. The molecule has 0 bridgehead atoms. The fourth-order valence-electron chi connectivity index (χ4n) is 3.18. The van der Waals surface area contributed by atoms with E-state index in [1.54, 1.807) is 0 Å². The molecule has 0 aromatic carbocycles. The van der Waals surface area contributed by atoms with Gasteiger partial charge in [0.15, 0.2) is 0 Å². The lowest BCUT2D eigenvalue weighted by Crippen LogP contribution is -2.43. The van der Waals surface area contributed by atoms with Gasteiger partial charge in [0, 0.05) is 23.4 Å². The molecule has 3 heteroatoms. The molecule has 0 amide bonds. The van der Waals surface area contributed by atoms with Crippen molar-refractivity contribution in [2.45, 2.75) is 32.4 Å². The Balaban J connectivity index is 1.89. The van der Waals surface area contributed by atoms with E-state index in [0.717, 1.165) is 17.6 Å². The maximum absolute atomic E-state index is 4.15. The number of dihydropyridines is 1. The summed E-state index contributed by atoms with van der Waals surface area (Å²) >= 11 is 0. The Bertz CT molecular complexity index is 606. The first-order valence-electron chi connectivity index (χ1n) is 7.42. The zero-order valence-electron chi connectivity index (χ0n) is 12.7. The van der Waals surface area contributed by atoms with Crippen molar-refractivity contribution in [3.8, 4) is 0 Å². The molecule has 0 spiro atoms. The van der Waals surface area contributed by atoms with Gasteiger partial charge in [-0.2, -0.15) is 0 Å². The summed E-state index contributed by atoms with van der Waals surface area (Å²) in [4.78, 5) is 0. The van der Waals surface area contributed by atoms with Crippen LogP contribution in [0, 0.1) is 5.41 Å². The summed E-state index contributed by atoms with van der Waals surface area (Å²) in [5.41, 5.74) is 11.2. The van der Waals surface area contributed by atoms with Crippen LogP contribution in [0.5, 0.6) is 0 Å². The van der Waals surface area contributed by atoms with E-state index in [1.165, 1.54) is 11.3 Å². The lowest BCUT2D eigenvalue weighted by molar-refractivity contribution is 0.453. The van der Waals surface area contributed by atoms with Crippen LogP contribution in [0.25, 0.3) is 0 Å². The number of allylic oxidation sites excluding steroid dienone is 6. The molecule has 3 rings (SSSR count). The molecule has 0 aromatic heterocycles. The fourth-order valence-corrected chi connectivity index (χ4v) is 3.18. The molecular formula is C18H23N3. The number of hydrogen-bond donors (Lipinski definition) is 3. The Hall–Kier alpha value is -2.00. The fraction of sp³-hybridized carbons (Fsp3) is 0.333. The van der Waals surface area contributed by atoms with Crippen LogP contribution >= 0.6 is 0 Å². The van der Waals surface area contributed by atoms with Crippen molar-refractivity contribution in [3.05, 3.63) is 72.2 Å². The normalized spacial score (nSPS) is 35.1. The highest BCUT2D eigenvalue weighted by Crippen LogP contribution is 2.43. The van der Waals surface area contributed by atoms with Crippen molar-refractivity contribution in [1.82, 2.24) is 16.2 Å². The van der Waals surface area contributed by atoms with Gasteiger partial charge in [0.1, 0.15) is 0 Å². The summed E-state index contributed by atoms with van der Waals surface area (Å²) in [7, 11) is 0. The molecule has 1 aliphatic carbocycles. The third-order valence-corrected chi connectivity index (χ3v) is 4.49. The van der Waals surface area contributed by atoms with Crippen LogP contribution in [0.1, 0.15) is 20.3 Å². The first kappa shape index (κ1) is 14.0. The molecule has 0 radical (unpaired) electrons. The predicted octanol–water partition coefficient (Wildman–Crippen LogP) is 2.86. The molecule has 110 valence electrons. The first-order chi connectivity index (χ1) is 9.99. The molecule has 3 nitrogen and oxygen atoms in total. The first-order valence-corrected chi connectivity index (χ1v) is 7.42. The molecule has 0 saturated carbocycles. The highest BCUT2D eigenvalue weighted by molar-refractivity contribution is 5.47. The van der Waals surface area contributed by atoms with Gasteiger partial charge >= 0.3 is 0 Å². The molecule has 2 heterocycles. The van der Waals surface area contributed by atoms with E-state index >= 15 is 0 Å². The quantitative estimate of drug-likeness (QED) is 0.728. The summed E-state index contributed by atoms with van der Waals surface area (Å²) in [6, 6.07) is 0.518. The second-order valence-corrected chi connectivity index (χ2v) is 6.32. The van der Waals surface area contributed by atoms with Gasteiger partial charge < -0.3 is 10.7 Å². The van der Waals surface area contributed by atoms with E-state index in [1.807, 2.05) is 0 Å². The smallest absolute Gasteiger partial charge is 0.0891 e. The van der Waals surface area contributed by atoms with E-state index in [2.05, 4.69) is 79.8 Å². The van der Waals surface area contributed by atoms with E-state index < -0.39 is 0 Å². The van der Waals surface area contributed by atoms with Gasteiger partial charge in [-0.15, -0.1) is 0 Å². The Morgan fingerprint density at radius 3 is 2.86 bits per heavy atom. The molecular weight excluding hydrogens is 258 g/mol. The molecule has 21 heavy (non-hydrogen) atoms. The van der Waals surface area contributed by atoms with E-state index in [0.29, 0.717) is 6.04 Å². The van der Waals surface area contributed by atoms with Crippen LogP contribution in [0.2, 0.25) is 0 Å². The summed E-state index contributed by atoms with van der Waals surface area (Å²) in [5, 5.41) is 3.53. The highest BCUT2D eigenvalue weighted by atomic mass is 15.4. The van der Waals surface area contributed by atoms with Crippen LogP contribution in [-0.4, -0.2) is 12.1 Å². The van der Waals surface area contributed by atoms with Gasteiger partial charge in [-0.05, 0) is 36.1 Å². The zero-order valence-corrected chi connectivity index (χ0v) is 12.7. The SMILES string of the molecule is C=C1C=CC(C)(C2=CNNC2C2=CC=CC(C)N2)CC1=C. The minimum atomic E-state index is -0.0354. The Labute approximate surface area is 126 Å². The number of hydrazine groups is 1. The van der Waals surface area contributed by atoms with Crippen LogP contribution in [0.3, 0.4) is 0 Å². The Kier molecular flexibility index (Phi) is 3.38. The molecule has 0 fully saturated rings. The van der Waals surface area contributed by atoms with Crippen molar-refractivity contribution in [3.63, 3.8) is 0 Å². The summed E-state index contributed by atoms with van der Waals surface area (Å²) in [6.45, 7) is 12.6. The Morgan fingerprint density at radius 1 is 1.33 bits per heavy atom. The molecule has 0 saturated heterocycles. The minimum Gasteiger partial charge on any atom is -0.381 e. The van der Waals surface area contributed by atoms with Gasteiger partial charge in [0.05, 0.1) is 6.04 Å². The maximum Gasteiger partial charge on any atom is 0.0891 e. The largest absolute Gasteiger partial charge is 0.381 e. The number of nitrogens with one attached hydrogen (secondary N) is 3. The molecule has 2 aliphatic heterocycles. The molecule has 3 N–H and O–H groups in total. The van der Waals surface area contributed by atoms with Crippen LogP contribution < -0.4 is 16.2 Å². The molecule has 3 atom stereocenters. The minimum absolute atomic E-state index is 0.0354. The standard InChI is InChI=1S/C18H23N3/c1-12-8-9-18(4,10-13(12)2)15-11-19-21-17(15)16-7-5-6-14(3)20-16/h5-9,11,14,17,19-21H,1-2,10H2,3-4H3. The van der Waals surface area contributed by atoms with Gasteiger partial charge in [-0.25, -0.2) is 5.43 Å². The second kappa shape index (κ2) is 5.08. The molecule has 3 aliphatic rings. The summed E-state index contributed by atoms with van der Waals surface area (Å²) in [5.74, 6) is 0. The predicted molar refractivity (Wildman–Crippen MR) is 88.1 cm³/mol. The van der Waals surface area contributed by atoms with E-state index in [4.69, 9.17) is 0 Å². The average Bonchev–Trinajstić information content (AvgIpc) is 2.94. The Morgan fingerprint density at radius 2 is 2.14 bits per heavy atom.